The maximum Gasteiger partial charge on any atom is 0.251 e. The molecule has 156 valence electrons. The van der Waals surface area contributed by atoms with E-state index in [0.29, 0.717) is 24.2 Å². The van der Waals surface area contributed by atoms with Gasteiger partial charge in [0, 0.05) is 31.3 Å². The summed E-state index contributed by atoms with van der Waals surface area (Å²) in [4.78, 5) is 23.4. The van der Waals surface area contributed by atoms with Crippen molar-refractivity contribution >= 4 is 23.2 Å². The SMILES string of the molecule is CNC(=O)CCCCCCNC(=O)c1ccc(Nc2c(C)cccc2C)c(F)c1. The molecule has 0 aliphatic heterocycles. The van der Waals surface area contributed by atoms with Crippen LogP contribution in [0.1, 0.15) is 53.6 Å². The molecule has 6 heteroatoms. The fourth-order valence-electron chi connectivity index (χ4n) is 3.10. The molecular formula is C23H30FN3O2. The van der Waals surface area contributed by atoms with Crippen molar-refractivity contribution in [1.29, 1.82) is 0 Å². The van der Waals surface area contributed by atoms with Gasteiger partial charge in [-0.15, -0.1) is 0 Å². The van der Waals surface area contributed by atoms with Crippen molar-refractivity contribution in [1.82, 2.24) is 10.6 Å². The second-order valence-corrected chi connectivity index (χ2v) is 7.18. The predicted molar refractivity (Wildman–Crippen MR) is 115 cm³/mol. The Morgan fingerprint density at radius 2 is 1.66 bits per heavy atom. The Hall–Kier alpha value is -2.89. The van der Waals surface area contributed by atoms with Gasteiger partial charge in [0.25, 0.3) is 5.91 Å². The first kappa shape index (κ1) is 22.4. The molecule has 2 aromatic carbocycles. The number of para-hydroxylation sites is 1. The normalized spacial score (nSPS) is 10.5. The lowest BCUT2D eigenvalue weighted by Crippen LogP contribution is -2.24. The number of hydrogen-bond donors (Lipinski definition) is 3. The first-order chi connectivity index (χ1) is 13.9. The van der Waals surface area contributed by atoms with Crippen molar-refractivity contribution in [2.45, 2.75) is 46.0 Å². The number of benzene rings is 2. The molecular weight excluding hydrogens is 369 g/mol. The number of carbonyl (C=O) groups excluding carboxylic acids is 2. The van der Waals surface area contributed by atoms with Gasteiger partial charge < -0.3 is 16.0 Å². The van der Waals surface area contributed by atoms with Crippen molar-refractivity contribution in [3.05, 3.63) is 58.9 Å². The van der Waals surface area contributed by atoms with Gasteiger partial charge in [0.1, 0.15) is 5.82 Å². The van der Waals surface area contributed by atoms with Crippen LogP contribution in [-0.4, -0.2) is 25.4 Å². The fraction of sp³-hybridized carbons (Fsp3) is 0.391. The molecule has 2 amide bonds. The molecule has 0 heterocycles. The minimum absolute atomic E-state index is 0.0517. The Labute approximate surface area is 172 Å². The number of unbranched alkanes of at least 4 members (excludes halogenated alkanes) is 3. The second-order valence-electron chi connectivity index (χ2n) is 7.18. The van der Waals surface area contributed by atoms with Crippen LogP contribution >= 0.6 is 0 Å². The van der Waals surface area contributed by atoms with E-state index >= 15 is 0 Å². The van der Waals surface area contributed by atoms with E-state index in [-0.39, 0.29) is 11.8 Å². The van der Waals surface area contributed by atoms with Gasteiger partial charge >= 0.3 is 0 Å². The minimum Gasteiger partial charge on any atom is -0.359 e. The van der Waals surface area contributed by atoms with Crippen LogP contribution in [0.4, 0.5) is 15.8 Å². The molecule has 0 bridgehead atoms. The number of amides is 2. The maximum atomic E-state index is 14.5. The van der Waals surface area contributed by atoms with Crippen LogP contribution in [-0.2, 0) is 4.79 Å². The highest BCUT2D eigenvalue weighted by molar-refractivity contribution is 5.94. The zero-order valence-electron chi connectivity index (χ0n) is 17.4. The highest BCUT2D eigenvalue weighted by atomic mass is 19.1. The third-order valence-electron chi connectivity index (χ3n) is 4.87. The van der Waals surface area contributed by atoms with Crippen molar-refractivity contribution in [2.24, 2.45) is 0 Å². The lowest BCUT2D eigenvalue weighted by molar-refractivity contribution is -0.120. The number of aryl methyl sites for hydroxylation is 2. The number of carbonyl (C=O) groups is 2. The summed E-state index contributed by atoms with van der Waals surface area (Å²) in [7, 11) is 1.63. The van der Waals surface area contributed by atoms with E-state index in [4.69, 9.17) is 0 Å². The minimum atomic E-state index is -0.463. The van der Waals surface area contributed by atoms with Crippen LogP contribution in [0.25, 0.3) is 0 Å². The first-order valence-electron chi connectivity index (χ1n) is 10.0. The third kappa shape index (κ3) is 6.89. The Balaban J connectivity index is 1.82. The van der Waals surface area contributed by atoms with E-state index < -0.39 is 5.82 Å². The predicted octanol–water partition coefficient (Wildman–Crippen LogP) is 4.61. The van der Waals surface area contributed by atoms with Gasteiger partial charge in [0.2, 0.25) is 5.91 Å². The Morgan fingerprint density at radius 3 is 2.31 bits per heavy atom. The number of hydrogen-bond acceptors (Lipinski definition) is 3. The molecule has 0 atom stereocenters. The van der Waals surface area contributed by atoms with Crippen LogP contribution in [0.15, 0.2) is 36.4 Å². The van der Waals surface area contributed by atoms with E-state index in [1.807, 2.05) is 32.0 Å². The van der Waals surface area contributed by atoms with Gasteiger partial charge in [-0.1, -0.05) is 31.0 Å². The van der Waals surface area contributed by atoms with Crippen molar-refractivity contribution in [3.63, 3.8) is 0 Å². The molecule has 3 N–H and O–H groups in total. The average Bonchev–Trinajstić information content (AvgIpc) is 2.70. The van der Waals surface area contributed by atoms with E-state index in [0.717, 1.165) is 42.5 Å². The van der Waals surface area contributed by atoms with Crippen LogP contribution in [0.5, 0.6) is 0 Å². The number of anilines is 2. The van der Waals surface area contributed by atoms with Crippen LogP contribution in [0.3, 0.4) is 0 Å². The number of nitrogens with one attached hydrogen (secondary N) is 3. The lowest BCUT2D eigenvalue weighted by Gasteiger charge is -2.14. The van der Waals surface area contributed by atoms with Crippen molar-refractivity contribution in [3.8, 4) is 0 Å². The Bertz CT molecular complexity index is 832. The summed E-state index contributed by atoms with van der Waals surface area (Å²) in [6.07, 6.45) is 4.08. The zero-order chi connectivity index (χ0) is 21.2. The van der Waals surface area contributed by atoms with Crippen molar-refractivity contribution in [2.75, 3.05) is 18.9 Å². The fourth-order valence-corrected chi connectivity index (χ4v) is 3.10. The molecule has 0 radical (unpaired) electrons. The molecule has 0 aliphatic carbocycles. The van der Waals surface area contributed by atoms with E-state index in [1.165, 1.54) is 6.07 Å². The topological polar surface area (TPSA) is 70.2 Å². The Kier molecular flexibility index (Phi) is 8.65. The smallest absolute Gasteiger partial charge is 0.251 e. The standard InChI is InChI=1S/C23H30FN3O2/c1-16-9-8-10-17(2)22(16)27-20-13-12-18(15-19(20)24)23(29)26-14-7-5-4-6-11-21(28)25-3/h8-10,12-13,15,27H,4-7,11,14H2,1-3H3,(H,25,28)(H,26,29). The van der Waals surface area contributed by atoms with Crippen molar-refractivity contribution < 1.29 is 14.0 Å². The summed E-state index contributed by atoms with van der Waals surface area (Å²) in [5.41, 5.74) is 3.58. The second kappa shape index (κ2) is 11.2. The first-order valence-corrected chi connectivity index (χ1v) is 10.0. The highest BCUT2D eigenvalue weighted by Crippen LogP contribution is 2.26. The van der Waals surface area contributed by atoms with Gasteiger partial charge in [-0.25, -0.2) is 4.39 Å². The molecule has 2 aromatic rings. The van der Waals surface area contributed by atoms with Crippen LogP contribution < -0.4 is 16.0 Å². The lowest BCUT2D eigenvalue weighted by atomic mass is 10.1. The van der Waals surface area contributed by atoms with E-state index in [1.54, 1.807) is 19.2 Å². The largest absolute Gasteiger partial charge is 0.359 e. The third-order valence-corrected chi connectivity index (χ3v) is 4.87. The summed E-state index contributed by atoms with van der Waals surface area (Å²) >= 11 is 0. The summed E-state index contributed by atoms with van der Waals surface area (Å²) in [6, 6.07) is 10.4. The average molecular weight is 400 g/mol. The number of rotatable bonds is 10. The molecule has 0 fully saturated rings. The summed E-state index contributed by atoms with van der Waals surface area (Å²) < 4.78 is 14.5. The zero-order valence-corrected chi connectivity index (χ0v) is 17.4. The molecule has 0 spiro atoms. The van der Waals surface area contributed by atoms with E-state index in [9.17, 15) is 14.0 Å². The molecule has 0 aromatic heterocycles. The summed E-state index contributed by atoms with van der Waals surface area (Å²) in [5, 5.41) is 8.54. The van der Waals surface area contributed by atoms with E-state index in [2.05, 4.69) is 16.0 Å². The molecule has 0 saturated heterocycles. The number of halogens is 1. The van der Waals surface area contributed by atoms with Gasteiger partial charge in [0.05, 0.1) is 5.69 Å². The summed E-state index contributed by atoms with van der Waals surface area (Å²) in [5.74, 6) is -0.696. The molecule has 0 unspecified atom stereocenters. The molecule has 29 heavy (non-hydrogen) atoms. The molecule has 0 aliphatic rings. The van der Waals surface area contributed by atoms with Gasteiger partial charge in [-0.05, 0) is 56.0 Å². The van der Waals surface area contributed by atoms with Gasteiger partial charge in [-0.2, -0.15) is 0 Å². The quantitative estimate of drug-likeness (QED) is 0.511. The van der Waals surface area contributed by atoms with Gasteiger partial charge in [0.15, 0.2) is 0 Å². The van der Waals surface area contributed by atoms with Gasteiger partial charge in [-0.3, -0.25) is 9.59 Å². The maximum absolute atomic E-state index is 14.5. The molecule has 2 rings (SSSR count). The highest BCUT2D eigenvalue weighted by Gasteiger charge is 2.11. The Morgan fingerprint density at radius 1 is 0.966 bits per heavy atom. The molecule has 0 saturated carbocycles. The van der Waals surface area contributed by atoms with Crippen LogP contribution in [0.2, 0.25) is 0 Å². The summed E-state index contributed by atoms with van der Waals surface area (Å²) in [6.45, 7) is 4.46. The monoisotopic (exact) mass is 399 g/mol. The van der Waals surface area contributed by atoms with Crippen LogP contribution in [0, 0.1) is 19.7 Å². The molecule has 5 nitrogen and oxygen atoms in total.